The van der Waals surface area contributed by atoms with Crippen molar-refractivity contribution in [1.82, 2.24) is 0 Å². The predicted molar refractivity (Wildman–Crippen MR) is 73.5 cm³/mol. The van der Waals surface area contributed by atoms with E-state index in [1.54, 1.807) is 0 Å². The number of hydrogen-bond acceptors (Lipinski definition) is 2. The Bertz CT molecular complexity index is 350. The van der Waals surface area contributed by atoms with Gasteiger partial charge < -0.3 is 4.74 Å². The Morgan fingerprint density at radius 1 is 1.12 bits per heavy atom. The highest BCUT2D eigenvalue weighted by Crippen LogP contribution is 2.29. The van der Waals surface area contributed by atoms with Crippen LogP contribution in [0.25, 0.3) is 0 Å². The summed E-state index contributed by atoms with van der Waals surface area (Å²) in [6.07, 6.45) is 1.78. The van der Waals surface area contributed by atoms with Gasteiger partial charge in [-0.15, -0.1) is 0 Å². The Kier molecular flexibility index (Phi) is 5.01. The number of rotatable bonds is 5. The molecule has 1 aromatic rings. The van der Waals surface area contributed by atoms with Crippen molar-refractivity contribution < 1.29 is 4.74 Å². The van der Waals surface area contributed by atoms with E-state index in [0.717, 1.165) is 18.6 Å². The van der Waals surface area contributed by atoms with E-state index in [9.17, 15) is 0 Å². The quantitative estimate of drug-likeness (QED) is 0.786. The standard InChI is InChI=1S/C15H25NO/c1-6-10(3)13-8-11(4)15(12(5)9-13)17-14(16)7-2/h8-10,14H,6-7,16H2,1-5H3. The SMILES string of the molecule is CCC(N)Oc1c(C)cc(C(C)CC)cc1C. The van der Waals surface area contributed by atoms with Crippen LogP contribution in [0.5, 0.6) is 5.75 Å². The maximum Gasteiger partial charge on any atom is 0.147 e. The molecule has 96 valence electrons. The fraction of sp³-hybridized carbons (Fsp3) is 0.600. The average Bonchev–Trinajstić information content (AvgIpc) is 2.32. The molecule has 0 bridgehead atoms. The molecule has 0 aliphatic carbocycles. The van der Waals surface area contributed by atoms with Crippen LogP contribution >= 0.6 is 0 Å². The summed E-state index contributed by atoms with van der Waals surface area (Å²) in [5.41, 5.74) is 9.60. The smallest absolute Gasteiger partial charge is 0.147 e. The van der Waals surface area contributed by atoms with Gasteiger partial charge in [0.15, 0.2) is 0 Å². The number of ether oxygens (including phenoxy) is 1. The van der Waals surface area contributed by atoms with E-state index in [0.29, 0.717) is 5.92 Å². The minimum Gasteiger partial charge on any atom is -0.475 e. The van der Waals surface area contributed by atoms with Crippen molar-refractivity contribution in [3.05, 3.63) is 28.8 Å². The topological polar surface area (TPSA) is 35.2 Å². The van der Waals surface area contributed by atoms with Gasteiger partial charge in [-0.05, 0) is 49.3 Å². The lowest BCUT2D eigenvalue weighted by atomic mass is 9.94. The second-order valence-corrected chi connectivity index (χ2v) is 4.86. The van der Waals surface area contributed by atoms with Crippen molar-refractivity contribution in [3.63, 3.8) is 0 Å². The molecule has 0 amide bonds. The molecule has 0 aliphatic heterocycles. The minimum absolute atomic E-state index is 0.207. The second kappa shape index (κ2) is 6.06. The van der Waals surface area contributed by atoms with Gasteiger partial charge in [0.05, 0.1) is 0 Å². The molecule has 0 fully saturated rings. The third-order valence-corrected chi connectivity index (χ3v) is 3.34. The van der Waals surface area contributed by atoms with E-state index in [1.807, 2.05) is 6.92 Å². The first kappa shape index (κ1) is 14.0. The first-order valence-corrected chi connectivity index (χ1v) is 6.52. The molecule has 0 radical (unpaired) electrons. The van der Waals surface area contributed by atoms with Crippen LogP contribution in [0.4, 0.5) is 0 Å². The molecule has 2 heteroatoms. The van der Waals surface area contributed by atoms with Gasteiger partial charge in [0, 0.05) is 0 Å². The Hall–Kier alpha value is -1.02. The molecule has 0 aliphatic rings. The summed E-state index contributed by atoms with van der Waals surface area (Å²) in [6, 6.07) is 4.44. The minimum atomic E-state index is -0.207. The van der Waals surface area contributed by atoms with E-state index >= 15 is 0 Å². The Labute approximate surface area is 105 Å². The highest BCUT2D eigenvalue weighted by molar-refractivity contribution is 5.44. The number of benzene rings is 1. The summed E-state index contributed by atoms with van der Waals surface area (Å²) in [7, 11) is 0. The molecule has 0 spiro atoms. The fourth-order valence-electron chi connectivity index (χ4n) is 1.92. The number of aryl methyl sites for hydroxylation is 2. The van der Waals surface area contributed by atoms with Gasteiger partial charge in [0.1, 0.15) is 12.0 Å². The highest BCUT2D eigenvalue weighted by atomic mass is 16.5. The van der Waals surface area contributed by atoms with Crippen LogP contribution in [0.2, 0.25) is 0 Å². The predicted octanol–water partition coefficient (Wildman–Crippen LogP) is 3.89. The van der Waals surface area contributed by atoms with E-state index in [1.165, 1.54) is 16.7 Å². The first-order chi connectivity index (χ1) is 7.99. The molecule has 1 rings (SSSR count). The van der Waals surface area contributed by atoms with Crippen molar-refractivity contribution >= 4 is 0 Å². The lowest BCUT2D eigenvalue weighted by Gasteiger charge is -2.19. The van der Waals surface area contributed by atoms with Crippen LogP contribution in [-0.4, -0.2) is 6.23 Å². The van der Waals surface area contributed by atoms with Crippen LogP contribution in [-0.2, 0) is 0 Å². The Morgan fingerprint density at radius 2 is 1.65 bits per heavy atom. The van der Waals surface area contributed by atoms with E-state index in [2.05, 4.69) is 39.8 Å². The summed E-state index contributed by atoms with van der Waals surface area (Å²) in [5, 5.41) is 0. The summed E-state index contributed by atoms with van der Waals surface area (Å²) in [4.78, 5) is 0. The van der Waals surface area contributed by atoms with E-state index < -0.39 is 0 Å². The molecule has 0 saturated carbocycles. The maximum atomic E-state index is 5.84. The van der Waals surface area contributed by atoms with Crippen molar-refractivity contribution in [2.45, 2.75) is 59.6 Å². The van der Waals surface area contributed by atoms with Gasteiger partial charge in [-0.2, -0.15) is 0 Å². The molecule has 1 aromatic carbocycles. The van der Waals surface area contributed by atoms with Crippen LogP contribution in [0.3, 0.4) is 0 Å². The van der Waals surface area contributed by atoms with E-state index in [-0.39, 0.29) is 6.23 Å². The zero-order valence-electron chi connectivity index (χ0n) is 11.7. The third kappa shape index (κ3) is 3.47. The molecular formula is C15H25NO. The lowest BCUT2D eigenvalue weighted by molar-refractivity contribution is 0.202. The third-order valence-electron chi connectivity index (χ3n) is 3.34. The molecule has 0 saturated heterocycles. The summed E-state index contributed by atoms with van der Waals surface area (Å²) in [6.45, 7) is 10.7. The van der Waals surface area contributed by atoms with Crippen molar-refractivity contribution in [2.24, 2.45) is 5.73 Å². The lowest BCUT2D eigenvalue weighted by Crippen LogP contribution is -2.26. The van der Waals surface area contributed by atoms with Crippen LogP contribution in [0.15, 0.2) is 12.1 Å². The van der Waals surface area contributed by atoms with Gasteiger partial charge in [0.2, 0.25) is 0 Å². The van der Waals surface area contributed by atoms with Gasteiger partial charge in [-0.3, -0.25) is 5.73 Å². The van der Waals surface area contributed by atoms with Gasteiger partial charge in [0.25, 0.3) is 0 Å². The largest absolute Gasteiger partial charge is 0.475 e. The molecular weight excluding hydrogens is 210 g/mol. The molecule has 2 atom stereocenters. The molecule has 2 N–H and O–H groups in total. The Balaban J connectivity index is 3.02. The van der Waals surface area contributed by atoms with Gasteiger partial charge >= 0.3 is 0 Å². The fourth-order valence-corrected chi connectivity index (χ4v) is 1.92. The summed E-state index contributed by atoms with van der Waals surface area (Å²) >= 11 is 0. The van der Waals surface area contributed by atoms with Crippen LogP contribution < -0.4 is 10.5 Å². The molecule has 0 aromatic heterocycles. The van der Waals surface area contributed by atoms with Crippen LogP contribution in [0, 0.1) is 13.8 Å². The zero-order chi connectivity index (χ0) is 13.0. The normalized spacial score (nSPS) is 14.5. The van der Waals surface area contributed by atoms with Crippen molar-refractivity contribution in [3.8, 4) is 5.75 Å². The molecule has 17 heavy (non-hydrogen) atoms. The first-order valence-electron chi connectivity index (χ1n) is 6.52. The van der Waals surface area contributed by atoms with E-state index in [4.69, 9.17) is 10.5 Å². The Morgan fingerprint density at radius 3 is 2.06 bits per heavy atom. The monoisotopic (exact) mass is 235 g/mol. The van der Waals surface area contributed by atoms with Gasteiger partial charge in [-0.1, -0.05) is 32.9 Å². The van der Waals surface area contributed by atoms with Crippen LogP contribution in [0.1, 0.15) is 56.2 Å². The average molecular weight is 235 g/mol. The second-order valence-electron chi connectivity index (χ2n) is 4.86. The highest BCUT2D eigenvalue weighted by Gasteiger charge is 2.12. The van der Waals surface area contributed by atoms with Crippen molar-refractivity contribution in [1.29, 1.82) is 0 Å². The number of nitrogens with two attached hydrogens (primary N) is 1. The number of hydrogen-bond donors (Lipinski definition) is 1. The zero-order valence-corrected chi connectivity index (χ0v) is 11.7. The molecule has 0 heterocycles. The van der Waals surface area contributed by atoms with Gasteiger partial charge in [-0.25, -0.2) is 0 Å². The molecule has 2 unspecified atom stereocenters. The molecule has 2 nitrogen and oxygen atoms in total. The van der Waals surface area contributed by atoms with Crippen molar-refractivity contribution in [2.75, 3.05) is 0 Å². The maximum absolute atomic E-state index is 5.84. The summed E-state index contributed by atoms with van der Waals surface area (Å²) in [5.74, 6) is 1.55. The summed E-state index contributed by atoms with van der Waals surface area (Å²) < 4.78 is 5.77.